The average Bonchev–Trinajstić information content (AvgIpc) is 2.67. The summed E-state index contributed by atoms with van der Waals surface area (Å²) in [4.78, 5) is 42.1. The van der Waals surface area contributed by atoms with Crippen LogP contribution in [0.2, 0.25) is 0 Å². The number of carbonyl (C=O) groups excluding carboxylic acids is 2. The first kappa shape index (κ1) is 28.1. The van der Waals surface area contributed by atoms with E-state index in [0.717, 1.165) is 19.4 Å². The highest BCUT2D eigenvalue weighted by Crippen LogP contribution is 2.27. The molecule has 0 aliphatic carbocycles. The number of nitrogens with one attached hydrogen (secondary N) is 1. The minimum absolute atomic E-state index is 0.0193. The van der Waals surface area contributed by atoms with Gasteiger partial charge in [0.2, 0.25) is 11.8 Å². The number of piperidine rings is 1. The number of nitrogens with zero attached hydrogens (tertiary/aromatic N) is 2. The number of hydrogen-bond acceptors (Lipinski definition) is 4. The van der Waals surface area contributed by atoms with Gasteiger partial charge in [-0.2, -0.15) is 0 Å². The predicted molar refractivity (Wildman–Crippen MR) is 128 cm³/mol. The van der Waals surface area contributed by atoms with Crippen molar-refractivity contribution in [1.82, 2.24) is 15.1 Å². The van der Waals surface area contributed by atoms with E-state index in [1.54, 1.807) is 18.0 Å². The van der Waals surface area contributed by atoms with Crippen LogP contribution >= 0.6 is 0 Å². The van der Waals surface area contributed by atoms with Crippen molar-refractivity contribution < 1.29 is 19.5 Å². The summed E-state index contributed by atoms with van der Waals surface area (Å²) < 4.78 is 0. The molecular weight excluding hydrogens is 406 g/mol. The van der Waals surface area contributed by atoms with Crippen LogP contribution in [0.4, 0.5) is 0 Å². The van der Waals surface area contributed by atoms with Gasteiger partial charge in [-0.05, 0) is 50.9 Å². The van der Waals surface area contributed by atoms with Crippen LogP contribution in [0.15, 0.2) is 11.6 Å². The summed E-state index contributed by atoms with van der Waals surface area (Å²) in [7, 11) is 1.69. The predicted octanol–water partition coefficient (Wildman–Crippen LogP) is 3.54. The van der Waals surface area contributed by atoms with Crippen molar-refractivity contribution in [2.45, 2.75) is 99.3 Å². The maximum Gasteiger partial charge on any atom is 0.331 e. The van der Waals surface area contributed by atoms with Crippen LogP contribution in [0.5, 0.6) is 0 Å². The smallest absolute Gasteiger partial charge is 0.331 e. The second-order valence-electron chi connectivity index (χ2n) is 11.1. The first-order chi connectivity index (χ1) is 14.6. The Labute approximate surface area is 194 Å². The summed E-state index contributed by atoms with van der Waals surface area (Å²) in [6.07, 6.45) is 3.39. The Balaban J connectivity index is 3.17. The third-order valence-corrected chi connectivity index (χ3v) is 6.46. The van der Waals surface area contributed by atoms with Gasteiger partial charge in [-0.1, -0.05) is 47.6 Å². The van der Waals surface area contributed by atoms with Crippen molar-refractivity contribution in [3.8, 4) is 0 Å². The second kappa shape index (κ2) is 11.3. The molecule has 2 amide bonds. The van der Waals surface area contributed by atoms with Gasteiger partial charge >= 0.3 is 5.97 Å². The van der Waals surface area contributed by atoms with Gasteiger partial charge < -0.3 is 15.3 Å². The summed E-state index contributed by atoms with van der Waals surface area (Å²) in [6.45, 7) is 18.5. The molecule has 0 unspecified atom stereocenters. The lowest BCUT2D eigenvalue weighted by Crippen LogP contribution is -2.61. The molecule has 0 aromatic rings. The van der Waals surface area contributed by atoms with Crippen LogP contribution < -0.4 is 5.32 Å². The molecule has 0 aromatic carbocycles. The molecule has 1 aliphatic heterocycles. The number of likely N-dealkylation sites (tertiary alicyclic amines) is 1. The molecule has 1 heterocycles. The Kier molecular flexibility index (Phi) is 9.94. The van der Waals surface area contributed by atoms with Crippen LogP contribution in [0.3, 0.4) is 0 Å². The molecule has 1 rings (SSSR count). The van der Waals surface area contributed by atoms with Gasteiger partial charge in [-0.15, -0.1) is 0 Å². The normalized spacial score (nSPS) is 22.6. The van der Waals surface area contributed by atoms with E-state index in [2.05, 4.69) is 31.0 Å². The molecule has 7 heteroatoms. The van der Waals surface area contributed by atoms with Crippen molar-refractivity contribution in [2.24, 2.45) is 17.3 Å². The third kappa shape index (κ3) is 7.32. The third-order valence-electron chi connectivity index (χ3n) is 6.46. The SMILES string of the molecule is C/C(=C\[C@H](C(C)C)N(C)C(=O)[C@@H](NC(=O)[C@H]1CC[C@@H](C)CN1C(C)C)C(C)(C)C)C(=O)O. The maximum atomic E-state index is 13.6. The number of likely N-dealkylation sites (N-methyl/N-ethyl adjacent to an activating group) is 1. The molecule has 1 aliphatic rings. The summed E-state index contributed by atoms with van der Waals surface area (Å²) in [5, 5.41) is 12.4. The summed E-state index contributed by atoms with van der Waals surface area (Å²) in [5.41, 5.74) is -0.304. The highest BCUT2D eigenvalue weighted by atomic mass is 16.4. The number of amides is 2. The molecule has 0 bridgehead atoms. The summed E-state index contributed by atoms with van der Waals surface area (Å²) >= 11 is 0. The molecule has 7 nitrogen and oxygen atoms in total. The molecule has 0 radical (unpaired) electrons. The lowest BCUT2D eigenvalue weighted by atomic mass is 9.84. The minimum Gasteiger partial charge on any atom is -0.478 e. The molecule has 0 saturated carbocycles. The molecule has 1 fully saturated rings. The van der Waals surface area contributed by atoms with Gasteiger partial charge in [-0.25, -0.2) is 4.79 Å². The number of carboxylic acids is 1. The van der Waals surface area contributed by atoms with E-state index in [1.807, 2.05) is 34.6 Å². The first-order valence-electron chi connectivity index (χ1n) is 11.8. The van der Waals surface area contributed by atoms with Crippen LogP contribution in [0.1, 0.15) is 75.2 Å². The average molecular weight is 452 g/mol. The number of hydrogen-bond donors (Lipinski definition) is 2. The number of rotatable bonds is 8. The zero-order valence-electron chi connectivity index (χ0n) is 21.7. The van der Waals surface area contributed by atoms with E-state index in [1.165, 1.54) is 6.92 Å². The van der Waals surface area contributed by atoms with E-state index in [4.69, 9.17) is 0 Å². The van der Waals surface area contributed by atoms with Gasteiger partial charge in [0.25, 0.3) is 0 Å². The van der Waals surface area contributed by atoms with E-state index >= 15 is 0 Å². The largest absolute Gasteiger partial charge is 0.478 e. The molecule has 184 valence electrons. The van der Waals surface area contributed by atoms with E-state index in [0.29, 0.717) is 5.92 Å². The molecule has 0 spiro atoms. The Morgan fingerprint density at radius 3 is 2.12 bits per heavy atom. The Morgan fingerprint density at radius 1 is 1.12 bits per heavy atom. The Morgan fingerprint density at radius 2 is 1.69 bits per heavy atom. The van der Waals surface area contributed by atoms with Crippen molar-refractivity contribution in [1.29, 1.82) is 0 Å². The zero-order valence-corrected chi connectivity index (χ0v) is 21.7. The molecule has 0 aromatic heterocycles. The lowest BCUT2D eigenvalue weighted by molar-refractivity contribution is -0.142. The lowest BCUT2D eigenvalue weighted by Gasteiger charge is -2.42. The van der Waals surface area contributed by atoms with Gasteiger partial charge in [-0.3, -0.25) is 14.5 Å². The molecular formula is C25H45N3O4. The number of aliphatic carboxylic acids is 1. The van der Waals surface area contributed by atoms with Crippen LogP contribution in [-0.4, -0.2) is 70.4 Å². The Hall–Kier alpha value is -1.89. The zero-order chi connectivity index (χ0) is 25.0. The fourth-order valence-electron chi connectivity index (χ4n) is 4.36. The van der Waals surface area contributed by atoms with Gasteiger partial charge in [0.15, 0.2) is 0 Å². The van der Waals surface area contributed by atoms with Gasteiger partial charge in [0.1, 0.15) is 6.04 Å². The first-order valence-corrected chi connectivity index (χ1v) is 11.8. The fraction of sp³-hybridized carbons (Fsp3) is 0.800. The number of carbonyl (C=O) groups is 3. The van der Waals surface area contributed by atoms with Crippen LogP contribution in [0.25, 0.3) is 0 Å². The Bertz CT molecular complexity index is 708. The molecule has 4 atom stereocenters. The van der Waals surface area contributed by atoms with Crippen molar-refractivity contribution in [3.05, 3.63) is 11.6 Å². The van der Waals surface area contributed by atoms with Crippen molar-refractivity contribution in [2.75, 3.05) is 13.6 Å². The monoisotopic (exact) mass is 451 g/mol. The topological polar surface area (TPSA) is 90.0 Å². The molecule has 32 heavy (non-hydrogen) atoms. The minimum atomic E-state index is -1.00. The van der Waals surface area contributed by atoms with E-state index in [-0.39, 0.29) is 41.4 Å². The maximum absolute atomic E-state index is 13.6. The fourth-order valence-corrected chi connectivity index (χ4v) is 4.36. The second-order valence-corrected chi connectivity index (χ2v) is 11.1. The van der Waals surface area contributed by atoms with Gasteiger partial charge in [0, 0.05) is 25.2 Å². The summed E-state index contributed by atoms with van der Waals surface area (Å²) in [6, 6.07) is -1.10. The quantitative estimate of drug-likeness (QED) is 0.551. The molecule has 2 N–H and O–H groups in total. The van der Waals surface area contributed by atoms with Crippen molar-refractivity contribution >= 4 is 17.8 Å². The van der Waals surface area contributed by atoms with Crippen LogP contribution in [0, 0.1) is 17.3 Å². The standard InChI is InChI=1S/C25H45N3O4/c1-15(2)20(13-18(6)24(31)32)27(10)23(30)21(25(7,8)9)26-22(29)19-12-11-17(5)14-28(19)16(3)4/h13,15-17,19-21H,11-12,14H2,1-10H3,(H,26,29)(H,31,32)/b18-13+/t17-,19-,20-,21-/m1/s1. The van der Waals surface area contributed by atoms with E-state index in [9.17, 15) is 19.5 Å². The van der Waals surface area contributed by atoms with Crippen LogP contribution in [-0.2, 0) is 14.4 Å². The van der Waals surface area contributed by atoms with Gasteiger partial charge in [0.05, 0.1) is 12.1 Å². The molecule has 1 saturated heterocycles. The van der Waals surface area contributed by atoms with Crippen molar-refractivity contribution in [3.63, 3.8) is 0 Å². The van der Waals surface area contributed by atoms with E-state index < -0.39 is 17.4 Å². The highest BCUT2D eigenvalue weighted by molar-refractivity contribution is 5.91. The highest BCUT2D eigenvalue weighted by Gasteiger charge is 2.40. The number of carboxylic acid groups (broad SMARTS) is 1. The summed E-state index contributed by atoms with van der Waals surface area (Å²) in [5.74, 6) is -0.753.